The fraction of sp³-hybridized carbons (Fsp3) is 0.538. The molecule has 0 radical (unpaired) electrons. The van der Waals surface area contributed by atoms with Gasteiger partial charge >= 0.3 is 0 Å². The lowest BCUT2D eigenvalue weighted by Gasteiger charge is -2.23. The van der Waals surface area contributed by atoms with Crippen LogP contribution in [0.5, 0.6) is 5.75 Å². The van der Waals surface area contributed by atoms with Gasteiger partial charge in [0.2, 0.25) is 0 Å². The average molecular weight is 221 g/mol. The number of aliphatic hydroxyl groups is 1. The Labute approximate surface area is 96.1 Å². The Kier molecular flexibility index (Phi) is 3.46. The minimum absolute atomic E-state index is 0.384. The highest BCUT2D eigenvalue weighted by molar-refractivity contribution is 5.46. The van der Waals surface area contributed by atoms with E-state index >= 15 is 0 Å². The Bertz CT molecular complexity index is 376. The van der Waals surface area contributed by atoms with Crippen LogP contribution in [0.4, 0.5) is 0 Å². The van der Waals surface area contributed by atoms with E-state index in [9.17, 15) is 10.2 Å². The smallest absolute Gasteiger partial charge is 0.119 e. The van der Waals surface area contributed by atoms with Crippen molar-refractivity contribution in [1.29, 1.82) is 0 Å². The number of hydrogen-bond acceptors (Lipinski definition) is 3. The van der Waals surface area contributed by atoms with Gasteiger partial charge < -0.3 is 15.5 Å². The van der Waals surface area contributed by atoms with Crippen LogP contribution in [0.25, 0.3) is 0 Å². The Morgan fingerprint density at radius 2 is 1.94 bits per heavy atom. The lowest BCUT2D eigenvalue weighted by molar-refractivity contribution is 0.176. The van der Waals surface area contributed by atoms with Gasteiger partial charge in [0.25, 0.3) is 0 Å². The third-order valence-corrected chi connectivity index (χ3v) is 3.30. The predicted molar refractivity (Wildman–Crippen MR) is 63.6 cm³/mol. The molecule has 1 atom stereocenters. The van der Waals surface area contributed by atoms with E-state index in [0.717, 1.165) is 42.4 Å². The number of likely N-dealkylation sites (N-methyl/N-ethyl adjacent to an activating group) is 1. The van der Waals surface area contributed by atoms with E-state index in [1.807, 2.05) is 13.1 Å². The van der Waals surface area contributed by atoms with Gasteiger partial charge in [0.1, 0.15) is 5.75 Å². The van der Waals surface area contributed by atoms with Gasteiger partial charge in [-0.1, -0.05) is 6.07 Å². The number of fused-ring (bicyclic) bond motifs is 1. The summed E-state index contributed by atoms with van der Waals surface area (Å²) in [5.74, 6) is 0.384. The SMILES string of the molecule is CNC[C@H](O)c1ccc(O)c2c1CCCC2. The maximum atomic E-state index is 10.0. The Balaban J connectivity index is 2.38. The highest BCUT2D eigenvalue weighted by Gasteiger charge is 2.20. The molecule has 0 unspecified atom stereocenters. The number of aromatic hydroxyl groups is 1. The highest BCUT2D eigenvalue weighted by atomic mass is 16.3. The lowest BCUT2D eigenvalue weighted by atomic mass is 9.86. The number of hydrogen-bond donors (Lipinski definition) is 3. The molecule has 0 bridgehead atoms. The van der Waals surface area contributed by atoms with Gasteiger partial charge in [0.15, 0.2) is 0 Å². The van der Waals surface area contributed by atoms with E-state index in [2.05, 4.69) is 5.32 Å². The molecule has 3 nitrogen and oxygen atoms in total. The predicted octanol–water partition coefficient (Wildman–Crippen LogP) is 1.52. The van der Waals surface area contributed by atoms with Crippen LogP contribution in [-0.2, 0) is 12.8 Å². The zero-order valence-electron chi connectivity index (χ0n) is 9.66. The molecule has 3 N–H and O–H groups in total. The summed E-state index contributed by atoms with van der Waals surface area (Å²) in [6.07, 6.45) is 3.71. The molecule has 0 aliphatic heterocycles. The summed E-state index contributed by atoms with van der Waals surface area (Å²) < 4.78 is 0. The fourth-order valence-corrected chi connectivity index (χ4v) is 2.49. The van der Waals surface area contributed by atoms with Crippen molar-refractivity contribution in [3.63, 3.8) is 0 Å². The van der Waals surface area contributed by atoms with Crippen LogP contribution >= 0.6 is 0 Å². The summed E-state index contributed by atoms with van der Waals surface area (Å²) in [7, 11) is 1.83. The monoisotopic (exact) mass is 221 g/mol. The molecule has 1 aliphatic carbocycles. The van der Waals surface area contributed by atoms with Crippen LogP contribution in [0.3, 0.4) is 0 Å². The van der Waals surface area contributed by atoms with Gasteiger partial charge in [-0.3, -0.25) is 0 Å². The molecule has 0 heterocycles. The Morgan fingerprint density at radius 3 is 2.62 bits per heavy atom. The molecule has 1 aromatic rings. The van der Waals surface area contributed by atoms with Crippen molar-refractivity contribution < 1.29 is 10.2 Å². The topological polar surface area (TPSA) is 52.5 Å². The molecular formula is C13H19NO2. The third kappa shape index (κ3) is 2.06. The molecule has 0 saturated heterocycles. The quantitative estimate of drug-likeness (QED) is 0.725. The van der Waals surface area contributed by atoms with E-state index in [1.54, 1.807) is 6.07 Å². The molecule has 1 aliphatic rings. The van der Waals surface area contributed by atoms with Crippen molar-refractivity contribution in [3.05, 3.63) is 28.8 Å². The maximum absolute atomic E-state index is 10.0. The molecule has 2 rings (SSSR count). The summed E-state index contributed by atoms with van der Waals surface area (Å²) in [5, 5.41) is 22.8. The second-order valence-corrected chi connectivity index (χ2v) is 4.41. The Hall–Kier alpha value is -1.06. The van der Waals surface area contributed by atoms with Crippen molar-refractivity contribution in [1.82, 2.24) is 5.32 Å². The van der Waals surface area contributed by atoms with Gasteiger partial charge in [0, 0.05) is 6.54 Å². The highest BCUT2D eigenvalue weighted by Crippen LogP contribution is 2.33. The van der Waals surface area contributed by atoms with Crippen LogP contribution < -0.4 is 5.32 Å². The summed E-state index contributed by atoms with van der Waals surface area (Å²) in [4.78, 5) is 0. The van der Waals surface area contributed by atoms with E-state index in [1.165, 1.54) is 0 Å². The molecule has 0 spiro atoms. The molecule has 0 saturated carbocycles. The molecule has 0 aromatic heterocycles. The van der Waals surface area contributed by atoms with Crippen molar-refractivity contribution in [3.8, 4) is 5.75 Å². The zero-order chi connectivity index (χ0) is 11.5. The Morgan fingerprint density at radius 1 is 1.25 bits per heavy atom. The average Bonchev–Trinajstić information content (AvgIpc) is 2.30. The van der Waals surface area contributed by atoms with E-state index < -0.39 is 6.10 Å². The van der Waals surface area contributed by atoms with E-state index in [0.29, 0.717) is 12.3 Å². The minimum atomic E-state index is -0.475. The van der Waals surface area contributed by atoms with Crippen LogP contribution in [0.15, 0.2) is 12.1 Å². The van der Waals surface area contributed by atoms with E-state index in [-0.39, 0.29) is 0 Å². The molecule has 0 fully saturated rings. The molecule has 88 valence electrons. The number of aliphatic hydroxyl groups excluding tert-OH is 1. The first-order chi connectivity index (χ1) is 7.74. The third-order valence-electron chi connectivity index (χ3n) is 3.30. The number of nitrogens with one attached hydrogen (secondary N) is 1. The minimum Gasteiger partial charge on any atom is -0.508 e. The van der Waals surface area contributed by atoms with Gasteiger partial charge in [-0.15, -0.1) is 0 Å². The van der Waals surface area contributed by atoms with Crippen molar-refractivity contribution in [2.45, 2.75) is 31.8 Å². The van der Waals surface area contributed by atoms with Crippen molar-refractivity contribution >= 4 is 0 Å². The second-order valence-electron chi connectivity index (χ2n) is 4.41. The number of rotatable bonds is 3. The first kappa shape index (κ1) is 11.4. The second kappa shape index (κ2) is 4.85. The van der Waals surface area contributed by atoms with Gasteiger partial charge in [0.05, 0.1) is 6.10 Å². The summed E-state index contributed by atoms with van der Waals surface area (Å²) in [5.41, 5.74) is 3.18. The molecule has 1 aromatic carbocycles. The maximum Gasteiger partial charge on any atom is 0.119 e. The summed E-state index contributed by atoms with van der Waals surface area (Å²) >= 11 is 0. The summed E-state index contributed by atoms with van der Waals surface area (Å²) in [6.45, 7) is 0.553. The lowest BCUT2D eigenvalue weighted by Crippen LogP contribution is -2.19. The molecule has 3 heteroatoms. The van der Waals surface area contributed by atoms with Gasteiger partial charge in [-0.2, -0.15) is 0 Å². The van der Waals surface area contributed by atoms with Crippen LogP contribution in [0.2, 0.25) is 0 Å². The number of phenolic OH excluding ortho intramolecular Hbond substituents is 1. The van der Waals surface area contributed by atoms with Gasteiger partial charge in [-0.05, 0) is 55.5 Å². The van der Waals surface area contributed by atoms with Crippen molar-refractivity contribution in [2.24, 2.45) is 0 Å². The molecular weight excluding hydrogens is 202 g/mol. The zero-order valence-corrected chi connectivity index (χ0v) is 9.66. The first-order valence-electron chi connectivity index (χ1n) is 5.90. The first-order valence-corrected chi connectivity index (χ1v) is 5.90. The van der Waals surface area contributed by atoms with Crippen molar-refractivity contribution in [2.75, 3.05) is 13.6 Å². The van der Waals surface area contributed by atoms with E-state index in [4.69, 9.17) is 0 Å². The van der Waals surface area contributed by atoms with Gasteiger partial charge in [-0.25, -0.2) is 0 Å². The number of benzene rings is 1. The normalized spacial score (nSPS) is 16.9. The molecule has 0 amide bonds. The van der Waals surface area contributed by atoms with Crippen LogP contribution in [0.1, 0.15) is 35.6 Å². The fourth-order valence-electron chi connectivity index (χ4n) is 2.49. The summed E-state index contributed by atoms with van der Waals surface area (Å²) in [6, 6.07) is 3.56. The molecule has 16 heavy (non-hydrogen) atoms. The van der Waals surface area contributed by atoms with Crippen LogP contribution in [-0.4, -0.2) is 23.8 Å². The largest absolute Gasteiger partial charge is 0.508 e. The van der Waals surface area contributed by atoms with Crippen LogP contribution in [0, 0.1) is 0 Å². The number of phenols is 1. The standard InChI is InChI=1S/C13H19NO2/c1-14-8-13(16)11-6-7-12(15)10-5-3-2-4-9(10)11/h6-7,13-16H,2-5,8H2,1H3/t13-/m0/s1.